The third kappa shape index (κ3) is 5.84. The van der Waals surface area contributed by atoms with E-state index in [1.807, 2.05) is 19.0 Å². The van der Waals surface area contributed by atoms with Gasteiger partial charge in [0.15, 0.2) is 0 Å². The van der Waals surface area contributed by atoms with Crippen molar-refractivity contribution in [2.75, 3.05) is 31.9 Å². The molecule has 6 nitrogen and oxygen atoms in total. The van der Waals surface area contributed by atoms with Gasteiger partial charge in [0.25, 0.3) is 15.9 Å². The number of amides is 1. The number of nitrogens with one attached hydrogen (secondary N) is 2. The van der Waals surface area contributed by atoms with Crippen molar-refractivity contribution < 1.29 is 13.2 Å². The van der Waals surface area contributed by atoms with Crippen molar-refractivity contribution in [2.45, 2.75) is 4.90 Å². The van der Waals surface area contributed by atoms with Crippen LogP contribution in [0.15, 0.2) is 57.9 Å². The molecule has 2 aromatic rings. The standard InChI is InChI=1S/C17H20BrN3O3S/c1-21(2)11-10-19-17(22)13-4-3-5-16(12-13)25(23,24)20-15-8-6-14(18)7-9-15/h3-9,12,20H,10-11H2,1-2H3,(H,19,22). The van der Waals surface area contributed by atoms with Crippen molar-refractivity contribution in [1.82, 2.24) is 10.2 Å². The SMILES string of the molecule is CN(C)CCNC(=O)c1cccc(S(=O)(=O)Nc2ccc(Br)cc2)c1. The van der Waals surface area contributed by atoms with E-state index >= 15 is 0 Å². The van der Waals surface area contributed by atoms with E-state index < -0.39 is 10.0 Å². The summed E-state index contributed by atoms with van der Waals surface area (Å²) in [5, 5.41) is 2.76. The quantitative estimate of drug-likeness (QED) is 0.714. The molecule has 0 aromatic heterocycles. The Kier molecular flexibility index (Phi) is 6.57. The van der Waals surface area contributed by atoms with Crippen molar-refractivity contribution in [1.29, 1.82) is 0 Å². The molecular formula is C17H20BrN3O3S. The molecule has 134 valence electrons. The highest BCUT2D eigenvalue weighted by atomic mass is 79.9. The van der Waals surface area contributed by atoms with Gasteiger partial charge in [-0.2, -0.15) is 0 Å². The molecule has 0 aliphatic heterocycles. The molecule has 0 heterocycles. The van der Waals surface area contributed by atoms with E-state index in [4.69, 9.17) is 0 Å². The highest BCUT2D eigenvalue weighted by Crippen LogP contribution is 2.19. The van der Waals surface area contributed by atoms with Crippen LogP contribution in [-0.4, -0.2) is 46.4 Å². The number of rotatable bonds is 7. The zero-order chi connectivity index (χ0) is 18.4. The van der Waals surface area contributed by atoms with Gasteiger partial charge in [-0.1, -0.05) is 22.0 Å². The third-order valence-electron chi connectivity index (χ3n) is 3.35. The van der Waals surface area contributed by atoms with E-state index in [0.717, 1.165) is 4.47 Å². The fourth-order valence-electron chi connectivity index (χ4n) is 2.03. The Morgan fingerprint density at radius 2 is 1.80 bits per heavy atom. The van der Waals surface area contributed by atoms with Crippen molar-refractivity contribution in [3.8, 4) is 0 Å². The molecule has 0 saturated heterocycles. The number of anilines is 1. The van der Waals surface area contributed by atoms with Gasteiger partial charge in [0, 0.05) is 28.8 Å². The molecule has 0 aliphatic rings. The maximum atomic E-state index is 12.5. The van der Waals surface area contributed by atoms with Gasteiger partial charge in [0.05, 0.1) is 4.90 Å². The molecule has 2 aromatic carbocycles. The van der Waals surface area contributed by atoms with Crippen LogP contribution in [0, 0.1) is 0 Å². The summed E-state index contributed by atoms with van der Waals surface area (Å²) in [5.41, 5.74) is 0.751. The minimum absolute atomic E-state index is 0.0377. The second-order valence-electron chi connectivity index (χ2n) is 5.70. The zero-order valence-electron chi connectivity index (χ0n) is 14.0. The fraction of sp³-hybridized carbons (Fsp3) is 0.235. The van der Waals surface area contributed by atoms with Crippen LogP contribution in [-0.2, 0) is 10.0 Å². The normalized spacial score (nSPS) is 11.4. The van der Waals surface area contributed by atoms with E-state index in [1.165, 1.54) is 12.1 Å². The lowest BCUT2D eigenvalue weighted by molar-refractivity contribution is 0.0951. The number of carbonyl (C=O) groups is 1. The van der Waals surface area contributed by atoms with Gasteiger partial charge < -0.3 is 10.2 Å². The smallest absolute Gasteiger partial charge is 0.261 e. The third-order valence-corrected chi connectivity index (χ3v) is 5.26. The molecule has 0 fully saturated rings. The summed E-state index contributed by atoms with van der Waals surface area (Å²) in [4.78, 5) is 14.1. The number of carbonyl (C=O) groups excluding carboxylic acids is 1. The fourth-order valence-corrected chi connectivity index (χ4v) is 3.40. The predicted molar refractivity (Wildman–Crippen MR) is 102 cm³/mol. The number of hydrogen-bond donors (Lipinski definition) is 2. The molecule has 0 aliphatic carbocycles. The Morgan fingerprint density at radius 3 is 2.44 bits per heavy atom. The van der Waals surface area contributed by atoms with Crippen LogP contribution in [0.3, 0.4) is 0 Å². The number of nitrogens with zero attached hydrogens (tertiary/aromatic N) is 1. The summed E-state index contributed by atoms with van der Waals surface area (Å²) < 4.78 is 28.4. The van der Waals surface area contributed by atoms with Crippen LogP contribution in [0.1, 0.15) is 10.4 Å². The minimum atomic E-state index is -3.77. The number of sulfonamides is 1. The van der Waals surface area contributed by atoms with Crippen molar-refractivity contribution in [3.63, 3.8) is 0 Å². The van der Waals surface area contributed by atoms with E-state index in [2.05, 4.69) is 26.0 Å². The number of benzene rings is 2. The first-order valence-electron chi connectivity index (χ1n) is 7.59. The van der Waals surface area contributed by atoms with Gasteiger partial charge in [0.2, 0.25) is 0 Å². The summed E-state index contributed by atoms with van der Waals surface area (Å²) in [7, 11) is 0.0501. The Morgan fingerprint density at radius 1 is 1.12 bits per heavy atom. The van der Waals surface area contributed by atoms with Crippen LogP contribution >= 0.6 is 15.9 Å². The van der Waals surface area contributed by atoms with Crippen LogP contribution in [0.4, 0.5) is 5.69 Å². The summed E-state index contributed by atoms with van der Waals surface area (Å²) in [6, 6.07) is 12.8. The van der Waals surface area contributed by atoms with Gasteiger partial charge in [-0.25, -0.2) is 8.42 Å². The lowest BCUT2D eigenvalue weighted by Crippen LogP contribution is -2.31. The molecule has 2 N–H and O–H groups in total. The molecule has 0 bridgehead atoms. The van der Waals surface area contributed by atoms with Gasteiger partial charge in [-0.3, -0.25) is 9.52 Å². The highest BCUT2D eigenvalue weighted by molar-refractivity contribution is 9.10. The summed E-state index contributed by atoms with van der Waals surface area (Å²) in [5.74, 6) is -0.303. The molecule has 25 heavy (non-hydrogen) atoms. The lowest BCUT2D eigenvalue weighted by atomic mass is 10.2. The van der Waals surface area contributed by atoms with Crippen molar-refractivity contribution in [3.05, 3.63) is 58.6 Å². The monoisotopic (exact) mass is 425 g/mol. The van der Waals surface area contributed by atoms with Crippen LogP contribution in [0.5, 0.6) is 0 Å². The molecule has 0 spiro atoms. The van der Waals surface area contributed by atoms with Crippen LogP contribution in [0.25, 0.3) is 0 Å². The zero-order valence-corrected chi connectivity index (χ0v) is 16.4. The average Bonchev–Trinajstić information content (AvgIpc) is 2.56. The Hall–Kier alpha value is -1.90. The largest absolute Gasteiger partial charge is 0.351 e. The summed E-state index contributed by atoms with van der Waals surface area (Å²) in [6.07, 6.45) is 0. The van der Waals surface area contributed by atoms with Gasteiger partial charge in [-0.05, 0) is 56.6 Å². The molecule has 0 atom stereocenters. The maximum absolute atomic E-state index is 12.5. The van der Waals surface area contributed by atoms with E-state index in [9.17, 15) is 13.2 Å². The Bertz CT molecular complexity index is 836. The average molecular weight is 426 g/mol. The minimum Gasteiger partial charge on any atom is -0.351 e. The topological polar surface area (TPSA) is 78.5 Å². The van der Waals surface area contributed by atoms with Gasteiger partial charge >= 0.3 is 0 Å². The van der Waals surface area contributed by atoms with E-state index in [-0.39, 0.29) is 10.8 Å². The number of hydrogen-bond acceptors (Lipinski definition) is 4. The molecule has 2 rings (SSSR count). The van der Waals surface area contributed by atoms with Gasteiger partial charge in [0.1, 0.15) is 0 Å². The molecule has 8 heteroatoms. The molecule has 0 saturated carbocycles. The Labute approximate surface area is 156 Å². The van der Waals surface area contributed by atoms with Crippen LogP contribution in [0.2, 0.25) is 0 Å². The van der Waals surface area contributed by atoms with E-state index in [1.54, 1.807) is 36.4 Å². The lowest BCUT2D eigenvalue weighted by Gasteiger charge is -2.12. The van der Waals surface area contributed by atoms with Crippen molar-refractivity contribution >= 4 is 37.5 Å². The van der Waals surface area contributed by atoms with E-state index in [0.29, 0.717) is 24.3 Å². The first-order valence-corrected chi connectivity index (χ1v) is 9.87. The maximum Gasteiger partial charge on any atom is 0.261 e. The van der Waals surface area contributed by atoms with Crippen molar-refractivity contribution in [2.24, 2.45) is 0 Å². The molecular weight excluding hydrogens is 406 g/mol. The summed E-state index contributed by atoms with van der Waals surface area (Å²) in [6.45, 7) is 1.19. The summed E-state index contributed by atoms with van der Waals surface area (Å²) >= 11 is 3.30. The Balaban J connectivity index is 2.13. The molecule has 0 radical (unpaired) electrons. The van der Waals surface area contributed by atoms with Gasteiger partial charge in [-0.15, -0.1) is 0 Å². The number of likely N-dealkylation sites (N-methyl/N-ethyl adjacent to an activating group) is 1. The second-order valence-corrected chi connectivity index (χ2v) is 8.30. The predicted octanol–water partition coefficient (Wildman–Crippen LogP) is 2.54. The molecule has 1 amide bonds. The van der Waals surface area contributed by atoms with Crippen LogP contribution < -0.4 is 10.0 Å². The highest BCUT2D eigenvalue weighted by Gasteiger charge is 2.16. The number of halogens is 1. The second kappa shape index (κ2) is 8.46. The first-order chi connectivity index (χ1) is 11.8. The first kappa shape index (κ1) is 19.4. The molecule has 0 unspecified atom stereocenters.